The Morgan fingerprint density at radius 1 is 1.05 bits per heavy atom. The van der Waals surface area contributed by atoms with Crippen molar-refractivity contribution in [2.45, 2.75) is 6.04 Å². The van der Waals surface area contributed by atoms with Crippen molar-refractivity contribution in [3.63, 3.8) is 0 Å². The molecule has 98 valence electrons. The molecule has 2 aromatic rings. The molecule has 5 heteroatoms. The molecule has 4 nitrogen and oxygen atoms in total. The van der Waals surface area contributed by atoms with Crippen molar-refractivity contribution >= 4 is 12.2 Å². The van der Waals surface area contributed by atoms with Crippen molar-refractivity contribution in [2.24, 2.45) is 4.99 Å². The standard InChI is InChI=1S/C15H13NO3.Zn/c17-13-9-5-4-8-12(13)10-16-14(15(18)19)11-6-2-1-3-7-11;/h1-10,14,17H,(H,18,19);. The van der Waals surface area contributed by atoms with Crippen LogP contribution in [0.1, 0.15) is 17.2 Å². The average Bonchev–Trinajstić information content (AvgIpc) is 2.42. The first-order valence-electron chi connectivity index (χ1n) is 5.77. The van der Waals surface area contributed by atoms with Gasteiger partial charge in [0.2, 0.25) is 0 Å². The molecule has 0 fully saturated rings. The zero-order valence-electron chi connectivity index (χ0n) is 10.8. The van der Waals surface area contributed by atoms with E-state index >= 15 is 0 Å². The van der Waals surface area contributed by atoms with Crippen molar-refractivity contribution in [3.05, 3.63) is 65.7 Å². The third-order valence-electron chi connectivity index (χ3n) is 2.65. The molecule has 2 N–H and O–H groups in total. The number of para-hydroxylation sites is 1. The molecule has 0 saturated carbocycles. The summed E-state index contributed by atoms with van der Waals surface area (Å²) in [4.78, 5) is 15.3. The maximum atomic E-state index is 11.2. The Kier molecular flexibility index (Phi) is 6.07. The van der Waals surface area contributed by atoms with Crippen LogP contribution in [-0.4, -0.2) is 22.4 Å². The van der Waals surface area contributed by atoms with E-state index in [4.69, 9.17) is 0 Å². The molecule has 1 atom stereocenters. The second-order valence-electron chi connectivity index (χ2n) is 3.99. The average molecular weight is 321 g/mol. The summed E-state index contributed by atoms with van der Waals surface area (Å²) in [7, 11) is 0. The number of carbonyl (C=O) groups is 1. The molecule has 0 radical (unpaired) electrons. The molecule has 0 aliphatic rings. The Hall–Kier alpha value is -2.00. The smallest absolute Gasteiger partial charge is 0.333 e. The number of aliphatic imine (C=N–C) groups is 1. The fourth-order valence-electron chi connectivity index (χ4n) is 1.68. The molecule has 0 bridgehead atoms. The SMILES string of the molecule is O=C(O)C(N=Cc1ccccc1O)c1ccccc1.[Zn]. The van der Waals surface area contributed by atoms with Gasteiger partial charge in [0.05, 0.1) is 0 Å². The molecule has 20 heavy (non-hydrogen) atoms. The van der Waals surface area contributed by atoms with Crippen molar-refractivity contribution in [1.29, 1.82) is 0 Å². The van der Waals surface area contributed by atoms with E-state index in [0.717, 1.165) is 0 Å². The van der Waals surface area contributed by atoms with Crippen LogP contribution in [0.2, 0.25) is 0 Å². The molecule has 2 aromatic carbocycles. The van der Waals surface area contributed by atoms with E-state index in [2.05, 4.69) is 4.99 Å². The summed E-state index contributed by atoms with van der Waals surface area (Å²) < 4.78 is 0. The van der Waals surface area contributed by atoms with E-state index in [9.17, 15) is 15.0 Å². The summed E-state index contributed by atoms with van der Waals surface area (Å²) in [5.74, 6) is -0.957. The summed E-state index contributed by atoms with van der Waals surface area (Å²) in [6, 6.07) is 14.4. The van der Waals surface area contributed by atoms with Crippen LogP contribution in [0.15, 0.2) is 59.6 Å². The largest absolute Gasteiger partial charge is 0.507 e. The maximum Gasteiger partial charge on any atom is 0.333 e. The number of benzene rings is 2. The zero-order chi connectivity index (χ0) is 13.7. The van der Waals surface area contributed by atoms with Crippen LogP contribution in [-0.2, 0) is 24.3 Å². The predicted molar refractivity (Wildman–Crippen MR) is 72.5 cm³/mol. The summed E-state index contributed by atoms with van der Waals surface area (Å²) in [6.45, 7) is 0. The van der Waals surface area contributed by atoms with Gasteiger partial charge in [0.25, 0.3) is 0 Å². The molecule has 0 saturated heterocycles. The number of hydrogen-bond donors (Lipinski definition) is 2. The topological polar surface area (TPSA) is 69.9 Å². The molecule has 0 amide bonds. The van der Waals surface area contributed by atoms with Gasteiger partial charge in [0, 0.05) is 31.3 Å². The number of aliphatic carboxylic acids is 1. The van der Waals surface area contributed by atoms with Crippen molar-refractivity contribution in [2.75, 3.05) is 0 Å². The van der Waals surface area contributed by atoms with Gasteiger partial charge in [0.1, 0.15) is 5.75 Å². The van der Waals surface area contributed by atoms with Gasteiger partial charge in [0.15, 0.2) is 6.04 Å². The van der Waals surface area contributed by atoms with Gasteiger partial charge in [-0.3, -0.25) is 4.99 Å². The third kappa shape index (κ3) is 4.00. The normalized spacial score (nSPS) is 11.8. The molecule has 1 unspecified atom stereocenters. The number of aromatic hydroxyl groups is 1. The number of phenolic OH excluding ortho intramolecular Hbond substituents is 1. The van der Waals surface area contributed by atoms with Crippen LogP contribution in [0.3, 0.4) is 0 Å². The fourth-order valence-corrected chi connectivity index (χ4v) is 1.68. The van der Waals surface area contributed by atoms with E-state index in [1.54, 1.807) is 42.5 Å². The maximum absolute atomic E-state index is 11.2. The number of phenols is 1. The van der Waals surface area contributed by atoms with Crippen molar-refractivity contribution in [3.8, 4) is 5.75 Å². The predicted octanol–water partition coefficient (Wildman–Crippen LogP) is 2.63. The van der Waals surface area contributed by atoms with E-state index in [1.807, 2.05) is 6.07 Å². The number of hydrogen-bond acceptors (Lipinski definition) is 3. The minimum atomic E-state index is -1.03. The zero-order valence-corrected chi connectivity index (χ0v) is 13.8. The van der Waals surface area contributed by atoms with Gasteiger partial charge in [-0.1, -0.05) is 42.5 Å². The van der Waals surface area contributed by atoms with Crippen molar-refractivity contribution < 1.29 is 34.5 Å². The summed E-state index contributed by atoms with van der Waals surface area (Å²) >= 11 is 0. The summed E-state index contributed by atoms with van der Waals surface area (Å²) in [6.07, 6.45) is 1.38. The molecule has 0 aliphatic carbocycles. The summed E-state index contributed by atoms with van der Waals surface area (Å²) in [5, 5.41) is 18.8. The quantitative estimate of drug-likeness (QED) is 0.672. The number of carboxylic acids is 1. The molecule has 2 rings (SSSR count). The molecular weight excluding hydrogens is 308 g/mol. The van der Waals surface area contributed by atoms with Crippen LogP contribution in [0.25, 0.3) is 0 Å². The molecule has 0 aliphatic heterocycles. The van der Waals surface area contributed by atoms with E-state index < -0.39 is 12.0 Å². The molecule has 0 spiro atoms. The molecular formula is C15H13NO3Zn. The number of nitrogens with zero attached hydrogens (tertiary/aromatic N) is 1. The van der Waals surface area contributed by atoms with Gasteiger partial charge in [-0.25, -0.2) is 4.79 Å². The van der Waals surface area contributed by atoms with E-state index in [0.29, 0.717) is 11.1 Å². The second-order valence-corrected chi connectivity index (χ2v) is 3.99. The Morgan fingerprint density at radius 3 is 2.25 bits per heavy atom. The Labute approximate surface area is 129 Å². The van der Waals surface area contributed by atoms with Crippen LogP contribution in [0, 0.1) is 0 Å². The second kappa shape index (κ2) is 7.56. The minimum Gasteiger partial charge on any atom is -0.507 e. The Morgan fingerprint density at radius 2 is 1.65 bits per heavy atom. The van der Waals surface area contributed by atoms with Crippen LogP contribution in [0.5, 0.6) is 5.75 Å². The van der Waals surface area contributed by atoms with Crippen molar-refractivity contribution in [1.82, 2.24) is 0 Å². The van der Waals surface area contributed by atoms with Gasteiger partial charge in [-0.05, 0) is 17.7 Å². The number of rotatable bonds is 4. The Balaban J connectivity index is 0.00000200. The van der Waals surface area contributed by atoms with Gasteiger partial charge in [-0.2, -0.15) is 0 Å². The van der Waals surface area contributed by atoms with Crippen LogP contribution >= 0.6 is 0 Å². The van der Waals surface area contributed by atoms with E-state index in [-0.39, 0.29) is 25.2 Å². The van der Waals surface area contributed by atoms with Gasteiger partial charge in [-0.15, -0.1) is 0 Å². The van der Waals surface area contributed by atoms with Crippen LogP contribution < -0.4 is 0 Å². The fraction of sp³-hybridized carbons (Fsp3) is 0.0667. The molecule has 0 heterocycles. The van der Waals surface area contributed by atoms with Gasteiger partial charge >= 0.3 is 5.97 Å². The molecule has 0 aromatic heterocycles. The Bertz CT molecular complexity index is 599. The minimum absolute atomic E-state index is 0. The monoisotopic (exact) mass is 319 g/mol. The number of carboxylic acid groups (broad SMARTS) is 1. The van der Waals surface area contributed by atoms with E-state index in [1.165, 1.54) is 12.3 Å². The first kappa shape index (κ1) is 16.1. The first-order chi connectivity index (χ1) is 9.18. The third-order valence-corrected chi connectivity index (χ3v) is 2.65. The van der Waals surface area contributed by atoms with Crippen LogP contribution in [0.4, 0.5) is 0 Å². The first-order valence-corrected chi connectivity index (χ1v) is 5.77. The summed E-state index contributed by atoms with van der Waals surface area (Å²) in [5.41, 5.74) is 1.09. The van der Waals surface area contributed by atoms with Gasteiger partial charge < -0.3 is 10.2 Å².